The van der Waals surface area contributed by atoms with Crippen LogP contribution in [0, 0.1) is 0 Å². The Morgan fingerprint density at radius 2 is 1.68 bits per heavy atom. The number of sulfonamides is 1. The second-order valence-electron chi connectivity index (χ2n) is 9.96. The molecular formula is C30H33Cl2N3O5S. The van der Waals surface area contributed by atoms with E-state index < -0.39 is 28.5 Å². The van der Waals surface area contributed by atoms with E-state index in [2.05, 4.69) is 5.32 Å². The Hall–Kier alpha value is -3.27. The molecular weight excluding hydrogens is 585 g/mol. The Labute approximate surface area is 251 Å². The minimum Gasteiger partial charge on any atom is -0.497 e. The quantitative estimate of drug-likeness (QED) is 0.299. The van der Waals surface area contributed by atoms with E-state index in [1.807, 2.05) is 0 Å². The largest absolute Gasteiger partial charge is 0.497 e. The SMILES string of the molecule is COc1cccc(N(CC(=O)N(Cc2ccc(Cl)c(Cl)c2)[C@H](C)C(=O)NC2CCCC2)S(=O)(=O)c2ccccc2)c1. The van der Waals surface area contributed by atoms with Crippen LogP contribution < -0.4 is 14.4 Å². The highest BCUT2D eigenvalue weighted by Gasteiger charge is 2.33. The number of rotatable bonds is 11. The fourth-order valence-corrected chi connectivity index (χ4v) is 6.57. The van der Waals surface area contributed by atoms with Crippen LogP contribution in [0.2, 0.25) is 10.0 Å². The summed E-state index contributed by atoms with van der Waals surface area (Å²) in [5.41, 5.74) is 0.895. The lowest BCUT2D eigenvalue weighted by molar-refractivity contribution is -0.139. The van der Waals surface area contributed by atoms with Crippen molar-refractivity contribution in [1.82, 2.24) is 10.2 Å². The number of hydrogen-bond acceptors (Lipinski definition) is 5. The van der Waals surface area contributed by atoms with E-state index in [4.69, 9.17) is 27.9 Å². The Morgan fingerprint density at radius 1 is 0.976 bits per heavy atom. The summed E-state index contributed by atoms with van der Waals surface area (Å²) in [7, 11) is -2.69. The molecule has 1 fully saturated rings. The molecule has 0 spiro atoms. The maximum atomic E-state index is 14.0. The van der Waals surface area contributed by atoms with E-state index in [1.165, 1.54) is 24.1 Å². The zero-order valence-electron chi connectivity index (χ0n) is 22.9. The molecule has 3 aromatic rings. The van der Waals surface area contributed by atoms with Crippen molar-refractivity contribution in [3.8, 4) is 5.75 Å². The van der Waals surface area contributed by atoms with Gasteiger partial charge in [0, 0.05) is 18.7 Å². The number of nitrogens with one attached hydrogen (secondary N) is 1. The van der Waals surface area contributed by atoms with Gasteiger partial charge in [0.25, 0.3) is 10.0 Å². The fourth-order valence-electron chi connectivity index (χ4n) is 4.82. The van der Waals surface area contributed by atoms with Gasteiger partial charge in [-0.05, 0) is 61.7 Å². The first-order chi connectivity index (χ1) is 19.6. The summed E-state index contributed by atoms with van der Waals surface area (Å²) >= 11 is 12.3. The van der Waals surface area contributed by atoms with Crippen molar-refractivity contribution in [2.75, 3.05) is 18.0 Å². The number of methoxy groups -OCH3 is 1. The van der Waals surface area contributed by atoms with Crippen molar-refractivity contribution in [1.29, 1.82) is 0 Å². The summed E-state index contributed by atoms with van der Waals surface area (Å²) in [6, 6.07) is 18.5. The van der Waals surface area contributed by atoms with Gasteiger partial charge < -0.3 is 15.0 Å². The maximum Gasteiger partial charge on any atom is 0.264 e. The van der Waals surface area contributed by atoms with Crippen molar-refractivity contribution in [2.45, 2.75) is 56.1 Å². The van der Waals surface area contributed by atoms with Gasteiger partial charge in [0.2, 0.25) is 11.8 Å². The van der Waals surface area contributed by atoms with Crippen LogP contribution in [0.15, 0.2) is 77.7 Å². The van der Waals surface area contributed by atoms with Gasteiger partial charge in [0.05, 0.1) is 27.7 Å². The topological polar surface area (TPSA) is 96.0 Å². The summed E-state index contributed by atoms with van der Waals surface area (Å²) in [5.74, 6) is -0.434. The van der Waals surface area contributed by atoms with Gasteiger partial charge in [-0.2, -0.15) is 0 Å². The van der Waals surface area contributed by atoms with Gasteiger partial charge in [-0.25, -0.2) is 8.42 Å². The molecule has 1 N–H and O–H groups in total. The molecule has 0 unspecified atom stereocenters. The predicted octanol–water partition coefficient (Wildman–Crippen LogP) is 5.67. The zero-order valence-corrected chi connectivity index (χ0v) is 25.3. The van der Waals surface area contributed by atoms with Gasteiger partial charge in [-0.3, -0.25) is 13.9 Å². The lowest BCUT2D eigenvalue weighted by atomic mass is 10.1. The average Bonchev–Trinajstić information content (AvgIpc) is 3.49. The van der Waals surface area contributed by atoms with Gasteiger partial charge in [-0.1, -0.05) is 66.4 Å². The average molecular weight is 619 g/mol. The lowest BCUT2D eigenvalue weighted by Gasteiger charge is -2.32. The van der Waals surface area contributed by atoms with Crippen LogP contribution in [0.1, 0.15) is 38.2 Å². The van der Waals surface area contributed by atoms with Crippen LogP contribution in [0.25, 0.3) is 0 Å². The maximum absolute atomic E-state index is 14.0. The number of halogens is 2. The first kappa shape index (κ1) is 30.7. The number of carbonyl (C=O) groups excluding carboxylic acids is 2. The van der Waals surface area contributed by atoms with E-state index in [0.29, 0.717) is 21.4 Å². The van der Waals surface area contributed by atoms with Crippen LogP contribution in [0.3, 0.4) is 0 Å². The molecule has 0 saturated heterocycles. The van der Waals surface area contributed by atoms with Gasteiger partial charge in [0.15, 0.2) is 0 Å². The Morgan fingerprint density at radius 3 is 2.34 bits per heavy atom. The Balaban J connectivity index is 1.70. The van der Waals surface area contributed by atoms with Gasteiger partial charge in [-0.15, -0.1) is 0 Å². The van der Waals surface area contributed by atoms with E-state index >= 15 is 0 Å². The predicted molar refractivity (Wildman–Crippen MR) is 161 cm³/mol. The molecule has 1 saturated carbocycles. The Kier molecular flexibility index (Phi) is 10.2. The highest BCUT2D eigenvalue weighted by molar-refractivity contribution is 7.92. The standard InChI is InChI=1S/C30H33Cl2N3O5S/c1-21(30(37)33-23-9-6-7-10-23)34(19-22-15-16-27(31)28(32)17-22)29(36)20-35(24-11-8-12-25(18-24)40-2)41(38,39)26-13-4-3-5-14-26/h3-5,8,11-18,21,23H,6-7,9-10,19-20H2,1-2H3,(H,33,37)/t21-/m1/s1. The van der Waals surface area contributed by atoms with Gasteiger partial charge in [0.1, 0.15) is 18.3 Å². The third-order valence-electron chi connectivity index (χ3n) is 7.16. The molecule has 1 aliphatic carbocycles. The molecule has 0 heterocycles. The zero-order chi connectivity index (χ0) is 29.6. The fraction of sp³-hybridized carbons (Fsp3) is 0.333. The molecule has 3 aromatic carbocycles. The molecule has 0 radical (unpaired) electrons. The number of hydrogen-bond donors (Lipinski definition) is 1. The molecule has 1 aliphatic rings. The summed E-state index contributed by atoms with van der Waals surface area (Å²) in [4.78, 5) is 28.8. The molecule has 0 aliphatic heterocycles. The van der Waals surface area contributed by atoms with Crippen molar-refractivity contribution in [3.05, 3.63) is 88.4 Å². The van der Waals surface area contributed by atoms with Crippen LogP contribution in [-0.4, -0.2) is 50.9 Å². The number of carbonyl (C=O) groups is 2. The molecule has 2 amide bonds. The monoisotopic (exact) mass is 617 g/mol. The molecule has 218 valence electrons. The molecule has 0 bridgehead atoms. The summed E-state index contributed by atoms with van der Waals surface area (Å²) in [6.45, 7) is 1.11. The second kappa shape index (κ2) is 13.6. The highest BCUT2D eigenvalue weighted by Crippen LogP contribution is 2.28. The van der Waals surface area contributed by atoms with Crippen molar-refractivity contribution < 1.29 is 22.7 Å². The minimum absolute atomic E-state index is 0.0201. The third-order valence-corrected chi connectivity index (χ3v) is 9.68. The summed E-state index contributed by atoms with van der Waals surface area (Å²) in [6.07, 6.45) is 3.85. The van der Waals surface area contributed by atoms with E-state index in [1.54, 1.807) is 67.6 Å². The number of anilines is 1. The van der Waals surface area contributed by atoms with Crippen LogP contribution in [0.5, 0.6) is 5.75 Å². The van der Waals surface area contributed by atoms with Crippen molar-refractivity contribution >= 4 is 50.7 Å². The van der Waals surface area contributed by atoms with E-state index in [-0.39, 0.29) is 29.1 Å². The normalized spacial score (nSPS) is 14.3. The second-order valence-corrected chi connectivity index (χ2v) is 12.6. The molecule has 1 atom stereocenters. The molecule has 4 rings (SSSR count). The molecule has 0 aromatic heterocycles. The van der Waals surface area contributed by atoms with Crippen molar-refractivity contribution in [3.63, 3.8) is 0 Å². The molecule has 8 nitrogen and oxygen atoms in total. The molecule has 41 heavy (non-hydrogen) atoms. The van der Waals surface area contributed by atoms with Crippen LogP contribution in [-0.2, 0) is 26.2 Å². The number of amides is 2. The lowest BCUT2D eigenvalue weighted by Crippen LogP contribution is -2.52. The van der Waals surface area contributed by atoms with Gasteiger partial charge >= 0.3 is 0 Å². The van der Waals surface area contributed by atoms with Crippen LogP contribution >= 0.6 is 23.2 Å². The number of nitrogens with zero attached hydrogens (tertiary/aromatic N) is 2. The van der Waals surface area contributed by atoms with E-state index in [0.717, 1.165) is 30.0 Å². The molecule has 11 heteroatoms. The Bertz CT molecular complexity index is 1480. The first-order valence-corrected chi connectivity index (χ1v) is 15.6. The van der Waals surface area contributed by atoms with Crippen molar-refractivity contribution in [2.24, 2.45) is 0 Å². The van der Waals surface area contributed by atoms with Crippen LogP contribution in [0.4, 0.5) is 5.69 Å². The third kappa shape index (κ3) is 7.52. The number of ether oxygens (including phenoxy) is 1. The van der Waals surface area contributed by atoms with E-state index in [9.17, 15) is 18.0 Å². The number of benzene rings is 3. The smallest absolute Gasteiger partial charge is 0.264 e. The summed E-state index contributed by atoms with van der Waals surface area (Å²) < 4.78 is 34.1. The minimum atomic E-state index is -4.17. The summed E-state index contributed by atoms with van der Waals surface area (Å²) in [5, 5.41) is 3.72. The highest BCUT2D eigenvalue weighted by atomic mass is 35.5. The first-order valence-electron chi connectivity index (χ1n) is 13.4.